The molecule has 1 aliphatic rings. The molecule has 1 aromatic heterocycles. The van der Waals surface area contributed by atoms with Crippen LogP contribution in [0.3, 0.4) is 0 Å². The summed E-state index contributed by atoms with van der Waals surface area (Å²) in [5, 5.41) is 12.9. The fourth-order valence-electron chi connectivity index (χ4n) is 3.59. The van der Waals surface area contributed by atoms with E-state index in [0.717, 1.165) is 28.4 Å². The van der Waals surface area contributed by atoms with Gasteiger partial charge in [-0.25, -0.2) is 0 Å². The van der Waals surface area contributed by atoms with Crippen molar-refractivity contribution in [3.8, 4) is 11.8 Å². The molecule has 1 amide bonds. The van der Waals surface area contributed by atoms with Crippen molar-refractivity contribution in [2.75, 3.05) is 17.3 Å². The van der Waals surface area contributed by atoms with Gasteiger partial charge in [0.2, 0.25) is 0 Å². The van der Waals surface area contributed by atoms with Crippen LogP contribution in [0.5, 0.6) is 5.75 Å². The standard InChI is InChI=1S/C22H20N4O2/c1-14-19(12-16(13-23)25(14)2)21-24-20-7-5-4-6-18(20)22(27)26(21)15-8-10-17(28-3)11-9-15/h4-12,21,24H,1-3H3/t21-/m1/s1. The Balaban J connectivity index is 1.88. The molecule has 0 fully saturated rings. The lowest BCUT2D eigenvalue weighted by Crippen LogP contribution is -2.43. The largest absolute Gasteiger partial charge is 0.497 e. The Hall–Kier alpha value is -3.72. The summed E-state index contributed by atoms with van der Waals surface area (Å²) in [4.78, 5) is 15.1. The summed E-state index contributed by atoms with van der Waals surface area (Å²) in [5.41, 5.74) is 4.51. The number of nitriles is 1. The van der Waals surface area contributed by atoms with Crippen molar-refractivity contribution in [1.82, 2.24) is 4.57 Å². The van der Waals surface area contributed by atoms with Crippen molar-refractivity contribution >= 4 is 17.3 Å². The van der Waals surface area contributed by atoms with Crippen LogP contribution in [0, 0.1) is 18.3 Å². The highest BCUT2D eigenvalue weighted by atomic mass is 16.5. The van der Waals surface area contributed by atoms with Gasteiger partial charge in [0.1, 0.15) is 23.7 Å². The van der Waals surface area contributed by atoms with Crippen molar-refractivity contribution in [3.05, 3.63) is 77.1 Å². The predicted octanol–water partition coefficient (Wildman–Crippen LogP) is 3.98. The first-order valence-electron chi connectivity index (χ1n) is 8.94. The number of hydrogen-bond acceptors (Lipinski definition) is 4. The van der Waals surface area contributed by atoms with Crippen LogP contribution in [-0.4, -0.2) is 17.6 Å². The highest BCUT2D eigenvalue weighted by molar-refractivity contribution is 6.12. The first-order valence-corrected chi connectivity index (χ1v) is 8.94. The molecule has 6 heteroatoms. The number of nitrogens with zero attached hydrogens (tertiary/aromatic N) is 3. The van der Waals surface area contributed by atoms with Gasteiger partial charge in [-0.2, -0.15) is 5.26 Å². The summed E-state index contributed by atoms with van der Waals surface area (Å²) in [5.74, 6) is 0.632. The van der Waals surface area contributed by atoms with Gasteiger partial charge < -0.3 is 14.6 Å². The topological polar surface area (TPSA) is 70.3 Å². The predicted molar refractivity (Wildman–Crippen MR) is 107 cm³/mol. The van der Waals surface area contributed by atoms with Gasteiger partial charge in [-0.15, -0.1) is 0 Å². The Kier molecular flexibility index (Phi) is 4.28. The second-order valence-corrected chi connectivity index (χ2v) is 6.71. The van der Waals surface area contributed by atoms with Crippen molar-refractivity contribution in [1.29, 1.82) is 5.26 Å². The Bertz CT molecular complexity index is 1090. The number of para-hydroxylation sites is 1. The summed E-state index contributed by atoms with van der Waals surface area (Å²) in [6.45, 7) is 1.95. The van der Waals surface area contributed by atoms with Crippen LogP contribution in [-0.2, 0) is 7.05 Å². The van der Waals surface area contributed by atoms with Gasteiger partial charge in [0.15, 0.2) is 0 Å². The van der Waals surface area contributed by atoms with E-state index in [4.69, 9.17) is 4.74 Å². The summed E-state index contributed by atoms with van der Waals surface area (Å²) in [6, 6.07) is 18.9. The maximum Gasteiger partial charge on any atom is 0.262 e. The first-order chi connectivity index (χ1) is 13.5. The van der Waals surface area contributed by atoms with Gasteiger partial charge in [-0.3, -0.25) is 9.69 Å². The lowest BCUT2D eigenvalue weighted by molar-refractivity contribution is 0.0975. The Morgan fingerprint density at radius 3 is 2.50 bits per heavy atom. The van der Waals surface area contributed by atoms with Crippen LogP contribution in [0.15, 0.2) is 54.6 Å². The lowest BCUT2D eigenvalue weighted by atomic mass is 10.0. The quantitative estimate of drug-likeness (QED) is 0.755. The molecule has 1 aliphatic heterocycles. The number of anilines is 2. The third-order valence-corrected chi connectivity index (χ3v) is 5.26. The van der Waals surface area contributed by atoms with Gasteiger partial charge >= 0.3 is 0 Å². The van der Waals surface area contributed by atoms with Crippen molar-refractivity contribution in [3.63, 3.8) is 0 Å². The molecule has 140 valence electrons. The average molecular weight is 372 g/mol. The fourth-order valence-corrected chi connectivity index (χ4v) is 3.59. The number of carbonyl (C=O) groups is 1. The van der Waals surface area contributed by atoms with Crippen molar-refractivity contribution in [2.24, 2.45) is 7.05 Å². The van der Waals surface area contributed by atoms with Crippen molar-refractivity contribution in [2.45, 2.75) is 13.1 Å². The molecular formula is C22H20N4O2. The number of carbonyl (C=O) groups excluding carboxylic acids is 1. The van der Waals surface area contributed by atoms with Gasteiger partial charge in [0.25, 0.3) is 5.91 Å². The molecule has 2 aromatic carbocycles. The molecule has 2 heterocycles. The molecule has 1 N–H and O–H groups in total. The van der Waals surface area contributed by atoms with Crippen LogP contribution in [0.4, 0.5) is 11.4 Å². The second kappa shape index (κ2) is 6.78. The molecule has 4 rings (SSSR count). The van der Waals surface area contributed by atoms with Crippen LogP contribution in [0.1, 0.15) is 33.5 Å². The van der Waals surface area contributed by atoms with Gasteiger partial charge in [0, 0.05) is 29.7 Å². The molecule has 28 heavy (non-hydrogen) atoms. The smallest absolute Gasteiger partial charge is 0.262 e. The van der Waals surface area contributed by atoms with Crippen LogP contribution < -0.4 is 15.0 Å². The Morgan fingerprint density at radius 1 is 1.14 bits per heavy atom. The van der Waals surface area contributed by atoms with E-state index >= 15 is 0 Å². The average Bonchev–Trinajstić information content (AvgIpc) is 3.02. The van der Waals surface area contributed by atoms with Gasteiger partial charge in [-0.1, -0.05) is 12.1 Å². The third kappa shape index (κ3) is 2.69. The van der Waals surface area contributed by atoms with E-state index in [9.17, 15) is 10.1 Å². The molecule has 1 atom stereocenters. The summed E-state index contributed by atoms with van der Waals surface area (Å²) in [6.07, 6.45) is -0.427. The third-order valence-electron chi connectivity index (χ3n) is 5.26. The normalized spacial score (nSPS) is 15.6. The Labute approximate surface area is 163 Å². The molecule has 0 saturated carbocycles. The molecule has 0 bridgehead atoms. The number of hydrogen-bond donors (Lipinski definition) is 1. The van der Waals surface area contributed by atoms with E-state index in [1.54, 1.807) is 12.0 Å². The van der Waals surface area contributed by atoms with E-state index in [2.05, 4.69) is 11.4 Å². The summed E-state index contributed by atoms with van der Waals surface area (Å²) < 4.78 is 7.09. The van der Waals surface area contributed by atoms with E-state index < -0.39 is 6.17 Å². The zero-order chi connectivity index (χ0) is 19.8. The molecule has 3 aromatic rings. The first kappa shape index (κ1) is 17.7. The molecule has 0 saturated heterocycles. The van der Waals surface area contributed by atoms with Gasteiger partial charge in [0.05, 0.1) is 12.7 Å². The van der Waals surface area contributed by atoms with Crippen molar-refractivity contribution < 1.29 is 9.53 Å². The van der Waals surface area contributed by atoms with Gasteiger partial charge in [-0.05, 0) is 49.4 Å². The van der Waals surface area contributed by atoms with Crippen LogP contribution >= 0.6 is 0 Å². The number of ether oxygens (including phenoxy) is 1. The minimum absolute atomic E-state index is 0.0914. The Morgan fingerprint density at radius 2 is 1.86 bits per heavy atom. The maximum absolute atomic E-state index is 13.4. The highest BCUT2D eigenvalue weighted by Gasteiger charge is 2.35. The fraction of sp³-hybridized carbons (Fsp3) is 0.182. The number of methoxy groups -OCH3 is 1. The number of rotatable bonds is 3. The molecule has 0 radical (unpaired) electrons. The summed E-state index contributed by atoms with van der Waals surface area (Å²) >= 11 is 0. The zero-order valence-electron chi connectivity index (χ0n) is 15.9. The molecule has 6 nitrogen and oxygen atoms in total. The molecule has 0 spiro atoms. The number of aromatic nitrogens is 1. The minimum Gasteiger partial charge on any atom is -0.497 e. The number of amides is 1. The monoisotopic (exact) mass is 372 g/mol. The van der Waals surface area contributed by atoms with E-state index in [0.29, 0.717) is 11.3 Å². The SMILES string of the molecule is COc1ccc(N2C(=O)c3ccccc3N[C@H]2c2cc(C#N)n(C)c2C)cc1. The summed E-state index contributed by atoms with van der Waals surface area (Å²) in [7, 11) is 3.46. The van der Waals surface area contributed by atoms with E-state index in [1.807, 2.05) is 73.1 Å². The minimum atomic E-state index is -0.427. The van der Waals surface area contributed by atoms with E-state index in [-0.39, 0.29) is 5.91 Å². The molecule has 0 aliphatic carbocycles. The van der Waals surface area contributed by atoms with Crippen LogP contribution in [0.2, 0.25) is 0 Å². The van der Waals surface area contributed by atoms with E-state index in [1.165, 1.54) is 0 Å². The highest BCUT2D eigenvalue weighted by Crippen LogP contribution is 2.38. The lowest BCUT2D eigenvalue weighted by Gasteiger charge is -2.38. The number of benzene rings is 2. The number of fused-ring (bicyclic) bond motifs is 1. The number of nitrogens with one attached hydrogen (secondary N) is 1. The zero-order valence-corrected chi connectivity index (χ0v) is 15.9. The molecule has 0 unspecified atom stereocenters. The second-order valence-electron chi connectivity index (χ2n) is 6.71. The van der Waals surface area contributed by atoms with Crippen LogP contribution in [0.25, 0.3) is 0 Å². The maximum atomic E-state index is 13.4. The molecular weight excluding hydrogens is 352 g/mol.